The second kappa shape index (κ2) is 6.52. The quantitative estimate of drug-likeness (QED) is 0.907. The van der Waals surface area contributed by atoms with Crippen LogP contribution in [0, 0.1) is 12.8 Å². The van der Waals surface area contributed by atoms with E-state index in [0.29, 0.717) is 24.5 Å². The summed E-state index contributed by atoms with van der Waals surface area (Å²) in [5.41, 5.74) is 3.53. The van der Waals surface area contributed by atoms with E-state index in [2.05, 4.69) is 56.1 Å². The molecule has 3 rings (SSSR count). The molecule has 1 N–H and O–H groups in total. The molecule has 1 heterocycles. The first-order valence-electron chi connectivity index (χ1n) is 8.88. The molecule has 4 nitrogen and oxygen atoms in total. The molecule has 0 saturated heterocycles. The average molecular weight is 315 g/mol. The molecule has 0 unspecified atom stereocenters. The molecule has 2 aliphatic rings. The Bertz CT molecular complexity index is 580. The molecule has 0 bridgehead atoms. The summed E-state index contributed by atoms with van der Waals surface area (Å²) in [6.45, 7) is 10.7. The maximum Gasteiger partial charge on any atom is 0.241 e. The van der Waals surface area contributed by atoms with E-state index >= 15 is 0 Å². The minimum absolute atomic E-state index is 0.180. The van der Waals surface area contributed by atoms with Crippen LogP contribution in [0.3, 0.4) is 0 Å². The zero-order chi connectivity index (χ0) is 16.6. The molecule has 1 amide bonds. The second-order valence-corrected chi connectivity index (χ2v) is 7.38. The summed E-state index contributed by atoms with van der Waals surface area (Å²) in [5, 5.41) is 3.37. The third-order valence-electron chi connectivity index (χ3n) is 5.16. The zero-order valence-corrected chi connectivity index (χ0v) is 14.8. The highest BCUT2D eigenvalue weighted by atomic mass is 16.2. The van der Waals surface area contributed by atoms with Gasteiger partial charge < -0.3 is 15.1 Å². The van der Waals surface area contributed by atoms with Crippen molar-refractivity contribution >= 4 is 17.3 Å². The van der Waals surface area contributed by atoms with Gasteiger partial charge in [-0.15, -0.1) is 0 Å². The van der Waals surface area contributed by atoms with Crippen LogP contribution in [0.2, 0.25) is 0 Å². The summed E-state index contributed by atoms with van der Waals surface area (Å²) in [4.78, 5) is 17.2. The number of aryl methyl sites for hydroxylation is 1. The molecule has 1 fully saturated rings. The molecule has 1 aromatic carbocycles. The van der Waals surface area contributed by atoms with Crippen molar-refractivity contribution in [3.8, 4) is 0 Å². The molecular weight excluding hydrogens is 286 g/mol. The number of anilines is 2. The lowest BCUT2D eigenvalue weighted by Crippen LogP contribution is -2.49. The minimum atomic E-state index is 0.180. The number of rotatable bonds is 5. The van der Waals surface area contributed by atoms with Gasteiger partial charge in [-0.25, -0.2) is 0 Å². The number of carbonyl (C=O) groups excluding carboxylic acids is 1. The van der Waals surface area contributed by atoms with E-state index < -0.39 is 0 Å². The summed E-state index contributed by atoms with van der Waals surface area (Å²) < 4.78 is 0. The molecule has 23 heavy (non-hydrogen) atoms. The fourth-order valence-electron chi connectivity index (χ4n) is 3.15. The van der Waals surface area contributed by atoms with Gasteiger partial charge in [0.15, 0.2) is 0 Å². The van der Waals surface area contributed by atoms with Gasteiger partial charge >= 0.3 is 0 Å². The van der Waals surface area contributed by atoms with E-state index in [4.69, 9.17) is 0 Å². The fourth-order valence-corrected chi connectivity index (χ4v) is 3.15. The van der Waals surface area contributed by atoms with E-state index in [9.17, 15) is 4.79 Å². The van der Waals surface area contributed by atoms with Crippen molar-refractivity contribution in [2.24, 2.45) is 5.92 Å². The third kappa shape index (κ3) is 3.52. The van der Waals surface area contributed by atoms with E-state index in [0.717, 1.165) is 18.8 Å². The smallest absolute Gasteiger partial charge is 0.241 e. The summed E-state index contributed by atoms with van der Waals surface area (Å²) in [5.74, 6) is 0.712. The molecular formula is C19H29N3O. The summed E-state index contributed by atoms with van der Waals surface area (Å²) >= 11 is 0. The van der Waals surface area contributed by atoms with Gasteiger partial charge in [0, 0.05) is 25.2 Å². The van der Waals surface area contributed by atoms with Gasteiger partial charge in [-0.05, 0) is 50.3 Å². The summed E-state index contributed by atoms with van der Waals surface area (Å²) in [6, 6.07) is 7.54. The Morgan fingerprint density at radius 3 is 2.61 bits per heavy atom. The van der Waals surface area contributed by atoms with E-state index in [1.54, 1.807) is 0 Å². The molecule has 0 radical (unpaired) electrons. The number of nitrogens with zero attached hydrogens (tertiary/aromatic N) is 2. The van der Waals surface area contributed by atoms with Crippen LogP contribution in [0.15, 0.2) is 18.2 Å². The van der Waals surface area contributed by atoms with Crippen molar-refractivity contribution in [1.29, 1.82) is 0 Å². The lowest BCUT2D eigenvalue weighted by atomic mass is 10.1. The van der Waals surface area contributed by atoms with Crippen LogP contribution < -0.4 is 15.1 Å². The Kier molecular flexibility index (Phi) is 4.62. The highest BCUT2D eigenvalue weighted by molar-refractivity contribution is 5.99. The number of hydrogen-bond acceptors (Lipinski definition) is 3. The average Bonchev–Trinajstić information content (AvgIpc) is 3.35. The predicted molar refractivity (Wildman–Crippen MR) is 96.2 cm³/mol. The van der Waals surface area contributed by atoms with Crippen molar-refractivity contribution < 1.29 is 4.79 Å². The van der Waals surface area contributed by atoms with Crippen LogP contribution in [0.25, 0.3) is 0 Å². The first kappa shape index (κ1) is 16.3. The molecule has 4 heteroatoms. The number of benzene rings is 1. The number of carbonyl (C=O) groups is 1. The Morgan fingerprint density at radius 1 is 1.22 bits per heavy atom. The first-order chi connectivity index (χ1) is 11.0. The minimum Gasteiger partial charge on any atom is -0.365 e. The Hall–Kier alpha value is -1.55. The van der Waals surface area contributed by atoms with Gasteiger partial charge in [0.2, 0.25) is 5.91 Å². The van der Waals surface area contributed by atoms with Crippen molar-refractivity contribution in [1.82, 2.24) is 5.32 Å². The lowest BCUT2D eigenvalue weighted by Gasteiger charge is -2.38. The van der Waals surface area contributed by atoms with Gasteiger partial charge in [-0.3, -0.25) is 4.79 Å². The normalized spacial score (nSPS) is 19.0. The van der Waals surface area contributed by atoms with Crippen LogP contribution in [0.5, 0.6) is 0 Å². The van der Waals surface area contributed by atoms with Gasteiger partial charge in [-0.2, -0.15) is 0 Å². The molecule has 1 atom stereocenters. The highest BCUT2D eigenvalue weighted by Crippen LogP contribution is 2.40. The van der Waals surface area contributed by atoms with E-state index in [1.165, 1.54) is 24.1 Å². The number of amides is 1. The van der Waals surface area contributed by atoms with Gasteiger partial charge in [-0.1, -0.05) is 19.9 Å². The maximum atomic E-state index is 12.7. The van der Waals surface area contributed by atoms with E-state index in [-0.39, 0.29) is 5.91 Å². The molecule has 0 spiro atoms. The summed E-state index contributed by atoms with van der Waals surface area (Å²) in [6.07, 6.45) is 2.57. The topological polar surface area (TPSA) is 35.6 Å². The van der Waals surface area contributed by atoms with Crippen LogP contribution in [0.1, 0.15) is 39.2 Å². The fraction of sp³-hybridized carbons (Fsp3) is 0.632. The monoisotopic (exact) mass is 315 g/mol. The Balaban J connectivity index is 1.76. The zero-order valence-electron chi connectivity index (χ0n) is 14.8. The van der Waals surface area contributed by atoms with Crippen LogP contribution >= 0.6 is 0 Å². The molecule has 1 aliphatic heterocycles. The van der Waals surface area contributed by atoms with Crippen molar-refractivity contribution in [3.05, 3.63) is 23.8 Å². The Labute approximate surface area is 139 Å². The van der Waals surface area contributed by atoms with Gasteiger partial charge in [0.1, 0.15) is 0 Å². The van der Waals surface area contributed by atoms with Crippen LogP contribution in [-0.2, 0) is 4.79 Å². The summed E-state index contributed by atoms with van der Waals surface area (Å²) in [7, 11) is 0. The standard InChI is InChI=1S/C19H29N3O/c1-13(2)15(4)20-12-19(23)22-10-9-21(16-6-7-16)17-8-5-14(3)11-18(17)22/h5,8,11,13,15-16,20H,6-7,9-10,12H2,1-4H3/t15-/m0/s1. The molecule has 1 aromatic rings. The molecule has 126 valence electrons. The van der Waals surface area contributed by atoms with Crippen LogP contribution in [-0.4, -0.2) is 37.6 Å². The highest BCUT2D eigenvalue weighted by Gasteiger charge is 2.35. The number of nitrogens with one attached hydrogen (secondary N) is 1. The van der Waals surface area contributed by atoms with Crippen LogP contribution in [0.4, 0.5) is 11.4 Å². The first-order valence-corrected chi connectivity index (χ1v) is 8.88. The number of hydrogen-bond donors (Lipinski definition) is 1. The Morgan fingerprint density at radius 2 is 1.96 bits per heavy atom. The largest absolute Gasteiger partial charge is 0.365 e. The van der Waals surface area contributed by atoms with Crippen molar-refractivity contribution in [3.63, 3.8) is 0 Å². The third-order valence-corrected chi connectivity index (χ3v) is 5.16. The van der Waals surface area contributed by atoms with E-state index in [1.807, 2.05) is 4.90 Å². The van der Waals surface area contributed by atoms with Gasteiger partial charge in [0.05, 0.1) is 17.9 Å². The lowest BCUT2D eigenvalue weighted by molar-refractivity contribution is -0.118. The van der Waals surface area contributed by atoms with Crippen molar-refractivity contribution in [2.45, 2.75) is 52.6 Å². The molecule has 1 saturated carbocycles. The number of fused-ring (bicyclic) bond motifs is 1. The molecule has 1 aliphatic carbocycles. The SMILES string of the molecule is Cc1ccc2c(c1)N(C(=O)CN[C@@H](C)C(C)C)CCN2C1CC1. The predicted octanol–water partition coefficient (Wildman–Crippen LogP) is 2.94. The maximum absolute atomic E-state index is 12.7. The van der Waals surface area contributed by atoms with Gasteiger partial charge in [0.25, 0.3) is 0 Å². The molecule has 0 aromatic heterocycles. The van der Waals surface area contributed by atoms with Crippen molar-refractivity contribution in [2.75, 3.05) is 29.4 Å². The second-order valence-electron chi connectivity index (χ2n) is 7.38.